The van der Waals surface area contributed by atoms with Crippen LogP contribution in [0.25, 0.3) is 0 Å². The van der Waals surface area contributed by atoms with Crippen molar-refractivity contribution in [2.24, 2.45) is 5.73 Å². The first-order chi connectivity index (χ1) is 7.93. The highest BCUT2D eigenvalue weighted by Crippen LogP contribution is 2.04. The molecular formula is C9H14N4O3S. The number of thiocarbonyl (C=S) groups is 1. The van der Waals surface area contributed by atoms with E-state index in [2.05, 4.69) is 22.9 Å². The van der Waals surface area contributed by atoms with Crippen molar-refractivity contribution >= 4 is 34.9 Å². The molecule has 94 valence electrons. The molecule has 1 fully saturated rings. The molecule has 0 aromatic carbocycles. The summed E-state index contributed by atoms with van der Waals surface area (Å²) in [7, 11) is 0. The van der Waals surface area contributed by atoms with Gasteiger partial charge in [0.2, 0.25) is 5.91 Å². The van der Waals surface area contributed by atoms with E-state index >= 15 is 0 Å². The number of nitrogens with zero attached hydrogens (tertiary/aromatic N) is 1. The summed E-state index contributed by atoms with van der Waals surface area (Å²) < 4.78 is 0. The fourth-order valence-electron chi connectivity index (χ4n) is 1.43. The Labute approximate surface area is 104 Å². The minimum Gasteiger partial charge on any atom is -0.392 e. The first kappa shape index (κ1) is 13.4. The lowest BCUT2D eigenvalue weighted by Gasteiger charge is -2.32. The zero-order chi connectivity index (χ0) is 13.0. The summed E-state index contributed by atoms with van der Waals surface area (Å²) in [6.07, 6.45) is 0. The number of piperazine rings is 1. The maximum Gasteiger partial charge on any atom is 0.312 e. The van der Waals surface area contributed by atoms with Gasteiger partial charge in [0.15, 0.2) is 0 Å². The lowest BCUT2D eigenvalue weighted by Crippen LogP contribution is -2.58. The summed E-state index contributed by atoms with van der Waals surface area (Å²) in [6, 6.07) is -0.646. The topological polar surface area (TPSA) is 105 Å². The second-order valence-electron chi connectivity index (χ2n) is 3.61. The van der Waals surface area contributed by atoms with Gasteiger partial charge in [0.05, 0.1) is 11.5 Å². The molecule has 7 nitrogen and oxygen atoms in total. The molecule has 1 saturated heterocycles. The van der Waals surface area contributed by atoms with Gasteiger partial charge in [-0.15, -0.1) is 0 Å². The SMILES string of the molecule is CC1C(=O)NCCN1C(=O)C(=O)NCC(N)=S. The highest BCUT2D eigenvalue weighted by Gasteiger charge is 2.32. The Bertz CT molecular complexity index is 371. The molecule has 1 unspecified atom stereocenters. The highest BCUT2D eigenvalue weighted by molar-refractivity contribution is 7.80. The molecule has 3 amide bonds. The maximum atomic E-state index is 11.7. The van der Waals surface area contributed by atoms with Crippen molar-refractivity contribution in [2.75, 3.05) is 19.6 Å². The zero-order valence-corrected chi connectivity index (χ0v) is 10.2. The van der Waals surface area contributed by atoms with Crippen molar-refractivity contribution in [1.29, 1.82) is 0 Å². The third-order valence-electron chi connectivity index (χ3n) is 2.38. The molecule has 0 saturated carbocycles. The van der Waals surface area contributed by atoms with Crippen LogP contribution >= 0.6 is 12.2 Å². The van der Waals surface area contributed by atoms with Gasteiger partial charge in [-0.2, -0.15) is 0 Å². The van der Waals surface area contributed by atoms with Gasteiger partial charge in [0, 0.05) is 13.1 Å². The Kier molecular flexibility index (Phi) is 4.38. The Hall–Kier alpha value is -1.70. The van der Waals surface area contributed by atoms with Crippen LogP contribution < -0.4 is 16.4 Å². The van der Waals surface area contributed by atoms with Crippen LogP contribution in [0.4, 0.5) is 0 Å². The summed E-state index contributed by atoms with van der Waals surface area (Å²) in [5.41, 5.74) is 5.20. The molecule has 0 bridgehead atoms. The highest BCUT2D eigenvalue weighted by atomic mass is 32.1. The largest absolute Gasteiger partial charge is 0.392 e. The summed E-state index contributed by atoms with van der Waals surface area (Å²) in [6.45, 7) is 2.19. The monoisotopic (exact) mass is 258 g/mol. The summed E-state index contributed by atoms with van der Waals surface area (Å²) >= 11 is 4.57. The van der Waals surface area contributed by atoms with Crippen molar-refractivity contribution in [3.63, 3.8) is 0 Å². The molecule has 1 atom stereocenters. The molecule has 4 N–H and O–H groups in total. The Morgan fingerprint density at radius 2 is 2.29 bits per heavy atom. The normalized spacial score (nSPS) is 19.5. The van der Waals surface area contributed by atoms with E-state index in [1.807, 2.05) is 0 Å². The lowest BCUT2D eigenvalue weighted by atomic mass is 10.2. The molecule has 1 heterocycles. The summed E-state index contributed by atoms with van der Waals surface area (Å²) in [4.78, 5) is 35.8. The Morgan fingerprint density at radius 1 is 1.65 bits per heavy atom. The predicted octanol–water partition coefficient (Wildman–Crippen LogP) is -2.26. The smallest absolute Gasteiger partial charge is 0.312 e. The van der Waals surface area contributed by atoms with Crippen molar-refractivity contribution in [3.05, 3.63) is 0 Å². The summed E-state index contributed by atoms with van der Waals surface area (Å²) in [5, 5.41) is 4.89. The molecule has 1 aliphatic heterocycles. The molecule has 1 aliphatic rings. The number of carbonyl (C=O) groups is 3. The van der Waals surface area contributed by atoms with E-state index in [0.29, 0.717) is 13.1 Å². The van der Waals surface area contributed by atoms with Crippen LogP contribution in [0.5, 0.6) is 0 Å². The molecule has 0 aromatic heterocycles. The Morgan fingerprint density at radius 3 is 2.88 bits per heavy atom. The van der Waals surface area contributed by atoms with Crippen LogP contribution in [-0.4, -0.2) is 53.3 Å². The van der Waals surface area contributed by atoms with Crippen LogP contribution in [0.15, 0.2) is 0 Å². The second-order valence-corrected chi connectivity index (χ2v) is 4.14. The van der Waals surface area contributed by atoms with E-state index in [4.69, 9.17) is 5.73 Å². The fraction of sp³-hybridized carbons (Fsp3) is 0.556. The van der Waals surface area contributed by atoms with Crippen molar-refractivity contribution in [3.8, 4) is 0 Å². The Balaban J connectivity index is 2.59. The van der Waals surface area contributed by atoms with Crippen molar-refractivity contribution in [1.82, 2.24) is 15.5 Å². The van der Waals surface area contributed by atoms with Gasteiger partial charge in [-0.05, 0) is 6.92 Å². The van der Waals surface area contributed by atoms with Crippen molar-refractivity contribution < 1.29 is 14.4 Å². The average Bonchev–Trinajstić information content (AvgIpc) is 2.28. The number of rotatable bonds is 2. The number of nitrogens with two attached hydrogens (primary N) is 1. The van der Waals surface area contributed by atoms with Crippen LogP contribution in [0.3, 0.4) is 0 Å². The standard InChI is InChI=1S/C9H14N4O3S/c1-5-7(14)11-2-3-13(5)9(16)8(15)12-4-6(10)17/h5H,2-4H2,1H3,(H2,10,17)(H,11,14)(H,12,15). The third-order valence-corrected chi connectivity index (χ3v) is 2.52. The quantitative estimate of drug-likeness (QED) is 0.383. The fourth-order valence-corrected chi connectivity index (χ4v) is 1.51. The minimum absolute atomic E-state index is 0.0334. The number of amides is 3. The van der Waals surface area contributed by atoms with E-state index in [1.54, 1.807) is 6.92 Å². The molecule has 8 heteroatoms. The average molecular weight is 258 g/mol. The van der Waals surface area contributed by atoms with Gasteiger partial charge in [-0.3, -0.25) is 14.4 Å². The van der Waals surface area contributed by atoms with E-state index in [0.717, 1.165) is 0 Å². The molecule has 0 spiro atoms. The maximum absolute atomic E-state index is 11.7. The van der Waals surface area contributed by atoms with Crippen LogP contribution in [0.2, 0.25) is 0 Å². The van der Waals surface area contributed by atoms with E-state index in [9.17, 15) is 14.4 Å². The number of hydrogen-bond acceptors (Lipinski definition) is 4. The predicted molar refractivity (Wildman–Crippen MR) is 64.0 cm³/mol. The first-order valence-electron chi connectivity index (χ1n) is 5.08. The van der Waals surface area contributed by atoms with Gasteiger partial charge >= 0.3 is 11.8 Å². The van der Waals surface area contributed by atoms with Crippen LogP contribution in [-0.2, 0) is 14.4 Å². The van der Waals surface area contributed by atoms with E-state index < -0.39 is 17.9 Å². The van der Waals surface area contributed by atoms with E-state index in [1.165, 1.54) is 4.90 Å². The van der Waals surface area contributed by atoms with Crippen LogP contribution in [0, 0.1) is 0 Å². The molecule has 0 radical (unpaired) electrons. The molecule has 17 heavy (non-hydrogen) atoms. The third kappa shape index (κ3) is 3.38. The molecular weight excluding hydrogens is 244 g/mol. The van der Waals surface area contributed by atoms with Gasteiger partial charge in [-0.1, -0.05) is 12.2 Å². The number of carbonyl (C=O) groups excluding carboxylic acids is 3. The van der Waals surface area contributed by atoms with Crippen molar-refractivity contribution in [2.45, 2.75) is 13.0 Å². The minimum atomic E-state index is -0.806. The van der Waals surface area contributed by atoms with Crippen LogP contribution in [0.1, 0.15) is 6.92 Å². The first-order valence-corrected chi connectivity index (χ1v) is 5.49. The second kappa shape index (κ2) is 5.58. The molecule has 0 aromatic rings. The number of nitrogens with one attached hydrogen (secondary N) is 2. The lowest BCUT2D eigenvalue weighted by molar-refractivity contribution is -0.150. The van der Waals surface area contributed by atoms with Gasteiger partial charge in [-0.25, -0.2) is 0 Å². The van der Waals surface area contributed by atoms with Gasteiger partial charge in [0.1, 0.15) is 6.04 Å². The molecule has 0 aliphatic carbocycles. The molecule has 1 rings (SSSR count). The van der Waals surface area contributed by atoms with Gasteiger partial charge < -0.3 is 21.3 Å². The van der Waals surface area contributed by atoms with E-state index in [-0.39, 0.29) is 17.4 Å². The zero-order valence-electron chi connectivity index (χ0n) is 9.36. The van der Waals surface area contributed by atoms with Gasteiger partial charge in [0.25, 0.3) is 0 Å². The number of hydrogen-bond donors (Lipinski definition) is 3. The summed E-state index contributed by atoms with van der Waals surface area (Å²) in [5.74, 6) is -1.82.